The predicted octanol–water partition coefficient (Wildman–Crippen LogP) is 7.68. The highest BCUT2D eigenvalue weighted by atomic mass is 32.2. The number of hydrogen-bond acceptors (Lipinski definition) is 5. The molecule has 0 aliphatic heterocycles. The first-order valence-electron chi connectivity index (χ1n) is 11.3. The van der Waals surface area contributed by atoms with Crippen molar-refractivity contribution in [2.24, 2.45) is 5.10 Å². The third-order valence-corrected chi connectivity index (χ3v) is 6.99. The summed E-state index contributed by atoms with van der Waals surface area (Å²) in [6.07, 6.45) is -7.01. The van der Waals surface area contributed by atoms with Gasteiger partial charge in [0.25, 0.3) is 0 Å². The van der Waals surface area contributed by atoms with Crippen molar-refractivity contribution in [3.05, 3.63) is 60.2 Å². The van der Waals surface area contributed by atoms with E-state index in [0.29, 0.717) is 30.0 Å². The number of alkyl halides is 17. The number of benzene rings is 2. The molecule has 0 aliphatic rings. The molecule has 0 saturated heterocycles. The number of anilines is 1. The van der Waals surface area contributed by atoms with Gasteiger partial charge < -0.3 is 9.50 Å². The molecule has 2 rings (SSSR count). The van der Waals surface area contributed by atoms with Crippen molar-refractivity contribution >= 4 is 39.4 Å². The zero-order chi connectivity index (χ0) is 36.7. The van der Waals surface area contributed by atoms with Crippen LogP contribution in [0.5, 0.6) is 5.75 Å². The van der Waals surface area contributed by atoms with E-state index in [-0.39, 0.29) is 10.7 Å². The number of nitrogens with zero attached hydrogens (tertiary/aromatic N) is 1. The molecule has 0 amide bonds. The van der Waals surface area contributed by atoms with Crippen molar-refractivity contribution in [1.82, 2.24) is 5.43 Å². The summed E-state index contributed by atoms with van der Waals surface area (Å²) in [7, 11) is -7.75. The molecule has 0 heterocycles. The molecule has 6 nitrogen and oxygen atoms in total. The molecular formula is C22H12F17N3O3S2. The van der Waals surface area contributed by atoms with E-state index in [1.807, 2.05) is 0 Å². The fourth-order valence-corrected chi connectivity index (χ4v) is 4.02. The summed E-state index contributed by atoms with van der Waals surface area (Å²) in [5.74, 6) is -53.7. The summed E-state index contributed by atoms with van der Waals surface area (Å²) in [5.41, 5.74) is 2.71. The highest BCUT2D eigenvalue weighted by molar-refractivity contribution is 7.88. The molecule has 0 aromatic heterocycles. The van der Waals surface area contributed by atoms with Crippen molar-refractivity contribution in [2.45, 2.75) is 47.0 Å². The highest BCUT2D eigenvalue weighted by Gasteiger charge is 2.96. The fraction of sp³-hybridized carbons (Fsp3) is 0.364. The summed E-state index contributed by atoms with van der Waals surface area (Å²) in [6, 6.07) is 10.3. The van der Waals surface area contributed by atoms with Gasteiger partial charge in [-0.25, -0.2) is 0 Å². The zero-order valence-corrected chi connectivity index (χ0v) is 23.3. The summed E-state index contributed by atoms with van der Waals surface area (Å²) in [6.45, 7) is 0. The lowest BCUT2D eigenvalue weighted by molar-refractivity contribution is -0.458. The van der Waals surface area contributed by atoms with Gasteiger partial charge in [0.2, 0.25) is 0 Å². The van der Waals surface area contributed by atoms with Crippen LogP contribution in [0.25, 0.3) is 0 Å². The van der Waals surface area contributed by atoms with Crippen molar-refractivity contribution in [1.29, 1.82) is 0 Å². The van der Waals surface area contributed by atoms with E-state index < -0.39 is 62.8 Å². The van der Waals surface area contributed by atoms with E-state index in [1.165, 1.54) is 0 Å². The minimum atomic E-state index is -8.94. The van der Waals surface area contributed by atoms with Crippen LogP contribution < -0.4 is 14.9 Å². The SMILES string of the molecule is O=S(=O)(Oc1ccc(/C=N/NC(=S)Nc2ccccc2)cc1)C(F)(F)C(F)(F)C(F)(F)C(F)(F)C(F)(F)C(F)(F)C(F)(F)C(F)(F)F. The standard InChI is InChI=1S/C22H12F17N3O3S2/c23-15(24,17(27,28)19(31,32)21(35,36)37)16(25,26)18(29,30)20(33,34)22(38,39)47(43,44)45-13-8-6-11(7-9-13)10-40-42-14(46)41-12-4-2-1-3-5-12/h1-10H,(H2,41,42,46)/b40-10+. The van der Waals surface area contributed by atoms with E-state index in [9.17, 15) is 83.1 Å². The number of hydrazone groups is 1. The number of para-hydroxylation sites is 1. The lowest BCUT2D eigenvalue weighted by Gasteiger charge is -2.42. The molecule has 0 bridgehead atoms. The smallest absolute Gasteiger partial charge is 0.378 e. The Morgan fingerprint density at radius 2 is 1.06 bits per heavy atom. The first-order chi connectivity index (χ1) is 20.9. The summed E-state index contributed by atoms with van der Waals surface area (Å²) in [4.78, 5) is 0. The van der Waals surface area contributed by atoms with Crippen LogP contribution >= 0.6 is 12.2 Å². The van der Waals surface area contributed by atoms with Crippen molar-refractivity contribution < 1.29 is 87.2 Å². The maximum atomic E-state index is 14.2. The largest absolute Gasteiger partial charge is 0.460 e. The molecule has 2 N–H and O–H groups in total. The normalized spacial score (nSPS) is 14.7. The van der Waals surface area contributed by atoms with E-state index in [1.54, 1.807) is 30.3 Å². The van der Waals surface area contributed by atoms with Gasteiger partial charge in [0.1, 0.15) is 5.75 Å². The van der Waals surface area contributed by atoms with Crippen LogP contribution in [0.4, 0.5) is 80.3 Å². The minimum absolute atomic E-state index is 0.0837. The van der Waals surface area contributed by atoms with E-state index in [2.05, 4.69) is 20.0 Å². The average Bonchev–Trinajstić information content (AvgIpc) is 2.93. The lowest BCUT2D eigenvalue weighted by Crippen LogP contribution is -2.75. The van der Waals surface area contributed by atoms with E-state index in [4.69, 9.17) is 12.2 Å². The molecule has 47 heavy (non-hydrogen) atoms. The Morgan fingerprint density at radius 1 is 0.638 bits per heavy atom. The molecule has 0 fully saturated rings. The number of nitrogens with one attached hydrogen (secondary N) is 2. The Bertz CT molecular complexity index is 1560. The summed E-state index contributed by atoms with van der Waals surface area (Å²) in [5, 5.41) is -1.62. The second kappa shape index (κ2) is 12.4. The Balaban J connectivity index is 2.32. The molecule has 0 unspecified atom stereocenters. The van der Waals surface area contributed by atoms with Gasteiger partial charge in [-0.2, -0.15) is 88.2 Å². The third-order valence-electron chi connectivity index (χ3n) is 5.50. The van der Waals surface area contributed by atoms with Crippen LogP contribution in [0.3, 0.4) is 0 Å². The van der Waals surface area contributed by atoms with Gasteiger partial charge in [-0.1, -0.05) is 18.2 Å². The number of halogens is 17. The van der Waals surface area contributed by atoms with Gasteiger partial charge in [-0.3, -0.25) is 5.43 Å². The van der Waals surface area contributed by atoms with Gasteiger partial charge in [0, 0.05) is 5.69 Å². The molecule has 0 saturated carbocycles. The predicted molar refractivity (Wildman–Crippen MR) is 130 cm³/mol. The second-order valence-electron chi connectivity index (χ2n) is 8.76. The molecule has 2 aromatic rings. The Labute approximate surface area is 255 Å². The van der Waals surface area contributed by atoms with Crippen LogP contribution in [-0.4, -0.2) is 66.7 Å². The van der Waals surface area contributed by atoms with Crippen molar-refractivity contribution in [3.63, 3.8) is 0 Å². The zero-order valence-electron chi connectivity index (χ0n) is 21.7. The van der Waals surface area contributed by atoms with Crippen molar-refractivity contribution in [2.75, 3.05) is 5.32 Å². The molecule has 0 atom stereocenters. The second-order valence-corrected chi connectivity index (χ2v) is 10.8. The average molecular weight is 753 g/mol. The third kappa shape index (κ3) is 6.72. The molecule has 0 spiro atoms. The minimum Gasteiger partial charge on any atom is -0.378 e. The van der Waals surface area contributed by atoms with Gasteiger partial charge in [-0.05, 0) is 54.2 Å². The van der Waals surface area contributed by atoms with Crippen LogP contribution in [0.2, 0.25) is 0 Å². The van der Waals surface area contributed by atoms with Crippen LogP contribution in [-0.2, 0) is 10.1 Å². The first-order valence-corrected chi connectivity index (χ1v) is 13.1. The number of rotatable bonds is 12. The number of thiocarbonyl (C=S) groups is 1. The fourth-order valence-electron chi connectivity index (χ4n) is 2.94. The molecule has 0 aliphatic carbocycles. The Morgan fingerprint density at radius 3 is 1.51 bits per heavy atom. The van der Waals surface area contributed by atoms with Gasteiger partial charge >= 0.3 is 57.1 Å². The summed E-state index contributed by atoms with van der Waals surface area (Å²) < 4.78 is 255. The van der Waals surface area contributed by atoms with Crippen LogP contribution in [0.15, 0.2) is 59.7 Å². The van der Waals surface area contributed by atoms with Gasteiger partial charge in [0.15, 0.2) is 5.11 Å². The lowest BCUT2D eigenvalue weighted by atomic mass is 9.91. The quantitative estimate of drug-likeness (QED) is 0.0762. The molecule has 0 radical (unpaired) electrons. The van der Waals surface area contributed by atoms with E-state index >= 15 is 0 Å². The van der Waals surface area contributed by atoms with Crippen molar-refractivity contribution in [3.8, 4) is 5.75 Å². The Hall–Kier alpha value is -3.64. The maximum absolute atomic E-state index is 14.2. The first kappa shape index (κ1) is 39.5. The summed E-state index contributed by atoms with van der Waals surface area (Å²) >= 11 is 4.90. The molecule has 264 valence electrons. The monoisotopic (exact) mass is 753 g/mol. The maximum Gasteiger partial charge on any atom is 0.460 e. The van der Waals surface area contributed by atoms with E-state index in [0.717, 1.165) is 6.21 Å². The van der Waals surface area contributed by atoms with Gasteiger partial charge in [0.05, 0.1) is 6.21 Å². The molecule has 25 heteroatoms. The van der Waals surface area contributed by atoms with Gasteiger partial charge in [-0.15, -0.1) is 0 Å². The Kier molecular flexibility index (Phi) is 10.5. The molecule has 2 aromatic carbocycles. The van der Waals surface area contributed by atoms with Crippen LogP contribution in [0.1, 0.15) is 5.56 Å². The topological polar surface area (TPSA) is 79.8 Å². The molecular weight excluding hydrogens is 741 g/mol. The van der Waals surface area contributed by atoms with Crippen LogP contribution in [0, 0.1) is 0 Å². The number of hydrogen-bond donors (Lipinski definition) is 2. The highest BCUT2D eigenvalue weighted by Crippen LogP contribution is 2.64.